The monoisotopic (exact) mass is 319 g/mol. The van der Waals surface area contributed by atoms with Gasteiger partial charge in [-0.3, -0.25) is 0 Å². The Hall–Kier alpha value is -0.430. The van der Waals surface area contributed by atoms with E-state index in [2.05, 4.69) is 15.9 Å². The van der Waals surface area contributed by atoms with Gasteiger partial charge in [0.15, 0.2) is 0 Å². The number of hydrogen-bond donors (Lipinski definition) is 1. The highest BCUT2D eigenvalue weighted by Gasteiger charge is 2.38. The summed E-state index contributed by atoms with van der Waals surface area (Å²) < 4.78 is 26.6. The van der Waals surface area contributed by atoms with Crippen LogP contribution in [-0.4, -0.2) is 36.5 Å². The molecule has 1 unspecified atom stereocenters. The summed E-state index contributed by atoms with van der Waals surface area (Å²) >= 11 is 3.25. The van der Waals surface area contributed by atoms with Gasteiger partial charge in [0.1, 0.15) is 0 Å². The molecule has 0 spiro atoms. The van der Waals surface area contributed by atoms with Gasteiger partial charge in [-0.15, -0.1) is 0 Å². The van der Waals surface area contributed by atoms with Gasteiger partial charge >= 0.3 is 0 Å². The van der Waals surface area contributed by atoms with Crippen LogP contribution in [-0.2, 0) is 10.0 Å². The van der Waals surface area contributed by atoms with E-state index in [-0.39, 0.29) is 11.4 Å². The first-order chi connectivity index (χ1) is 7.81. The lowest BCUT2D eigenvalue weighted by Crippen LogP contribution is -2.33. The fraction of sp³-hybridized carbons (Fsp3) is 0.455. The second kappa shape index (κ2) is 4.35. The maximum atomic E-state index is 12.3. The molecule has 0 saturated carbocycles. The third-order valence-corrected chi connectivity index (χ3v) is 5.19. The van der Waals surface area contributed by atoms with E-state index in [1.165, 1.54) is 4.31 Å². The first kappa shape index (κ1) is 13.0. The second-order valence-corrected chi connectivity index (χ2v) is 7.40. The molecule has 1 saturated heterocycles. The zero-order valence-electron chi connectivity index (χ0n) is 9.43. The molecule has 0 amide bonds. The van der Waals surface area contributed by atoms with Gasteiger partial charge in [-0.1, -0.05) is 22.0 Å². The van der Waals surface area contributed by atoms with Gasteiger partial charge in [0.2, 0.25) is 10.0 Å². The number of halogens is 1. The number of sulfonamides is 1. The van der Waals surface area contributed by atoms with Crippen molar-refractivity contribution in [1.82, 2.24) is 4.31 Å². The minimum Gasteiger partial charge on any atom is -0.389 e. The van der Waals surface area contributed by atoms with Crippen LogP contribution in [0.2, 0.25) is 0 Å². The summed E-state index contributed by atoms with van der Waals surface area (Å²) in [7, 11) is -3.49. The smallest absolute Gasteiger partial charge is 0.243 e. The van der Waals surface area contributed by atoms with Crippen molar-refractivity contribution in [3.8, 4) is 0 Å². The number of hydrogen-bond acceptors (Lipinski definition) is 3. The van der Waals surface area contributed by atoms with Crippen LogP contribution in [0.25, 0.3) is 0 Å². The van der Waals surface area contributed by atoms with E-state index in [1.807, 2.05) is 0 Å². The zero-order valence-corrected chi connectivity index (χ0v) is 11.8. The Morgan fingerprint density at radius 2 is 2.18 bits per heavy atom. The lowest BCUT2D eigenvalue weighted by atomic mass is 10.1. The van der Waals surface area contributed by atoms with E-state index in [0.717, 1.165) is 4.47 Å². The Morgan fingerprint density at radius 1 is 1.47 bits per heavy atom. The summed E-state index contributed by atoms with van der Waals surface area (Å²) in [6, 6.07) is 6.60. The van der Waals surface area contributed by atoms with Gasteiger partial charge in [0, 0.05) is 17.6 Å². The minimum atomic E-state index is -3.49. The molecule has 1 aromatic rings. The standard InChI is InChI=1S/C11H14BrNO3S/c1-11(14)5-6-13(8-11)17(15,16)10-4-2-3-9(12)7-10/h2-4,7,14H,5-6,8H2,1H3. The number of β-amino-alcohol motifs (C(OH)–C–C–N with tert-alkyl or cyclic N) is 1. The van der Waals surface area contributed by atoms with Crippen molar-refractivity contribution in [2.24, 2.45) is 0 Å². The number of benzene rings is 1. The highest BCUT2D eigenvalue weighted by molar-refractivity contribution is 9.10. The summed E-state index contributed by atoms with van der Waals surface area (Å²) in [6.45, 7) is 2.17. The topological polar surface area (TPSA) is 57.6 Å². The van der Waals surface area contributed by atoms with Crippen LogP contribution in [0.4, 0.5) is 0 Å². The Morgan fingerprint density at radius 3 is 2.71 bits per heavy atom. The van der Waals surface area contributed by atoms with E-state index >= 15 is 0 Å². The molecule has 0 aliphatic carbocycles. The van der Waals surface area contributed by atoms with Crippen molar-refractivity contribution < 1.29 is 13.5 Å². The summed E-state index contributed by atoms with van der Waals surface area (Å²) in [5.74, 6) is 0. The molecule has 1 fully saturated rings. The molecular weight excluding hydrogens is 306 g/mol. The largest absolute Gasteiger partial charge is 0.389 e. The van der Waals surface area contributed by atoms with Gasteiger partial charge in [0.05, 0.1) is 10.5 Å². The molecule has 1 heterocycles. The van der Waals surface area contributed by atoms with Crippen molar-refractivity contribution in [1.29, 1.82) is 0 Å². The molecule has 4 nitrogen and oxygen atoms in total. The molecule has 1 aliphatic rings. The normalized spacial score (nSPS) is 26.3. The molecule has 94 valence electrons. The average Bonchev–Trinajstić information content (AvgIpc) is 2.59. The van der Waals surface area contributed by atoms with E-state index in [9.17, 15) is 13.5 Å². The van der Waals surface area contributed by atoms with E-state index in [1.54, 1.807) is 31.2 Å². The molecule has 1 N–H and O–H groups in total. The lowest BCUT2D eigenvalue weighted by molar-refractivity contribution is 0.0762. The first-order valence-corrected chi connectivity index (χ1v) is 7.53. The van der Waals surface area contributed by atoms with Crippen molar-refractivity contribution in [2.75, 3.05) is 13.1 Å². The molecule has 1 aromatic carbocycles. The van der Waals surface area contributed by atoms with Crippen molar-refractivity contribution >= 4 is 26.0 Å². The fourth-order valence-corrected chi connectivity index (χ4v) is 4.04. The van der Waals surface area contributed by atoms with E-state index in [4.69, 9.17) is 0 Å². The fourth-order valence-electron chi connectivity index (χ4n) is 1.89. The van der Waals surface area contributed by atoms with Crippen LogP contribution in [0.3, 0.4) is 0 Å². The second-order valence-electron chi connectivity index (χ2n) is 4.54. The third-order valence-electron chi connectivity index (χ3n) is 2.85. The molecule has 0 radical (unpaired) electrons. The van der Waals surface area contributed by atoms with E-state index in [0.29, 0.717) is 13.0 Å². The lowest BCUT2D eigenvalue weighted by Gasteiger charge is -2.19. The Labute approximate surface area is 109 Å². The number of aliphatic hydroxyl groups is 1. The van der Waals surface area contributed by atoms with Gasteiger partial charge < -0.3 is 5.11 Å². The summed E-state index contributed by atoms with van der Waals surface area (Å²) in [5, 5.41) is 9.81. The molecule has 2 rings (SSSR count). The Kier molecular flexibility index (Phi) is 3.33. The number of rotatable bonds is 2. The molecule has 1 aliphatic heterocycles. The molecular formula is C11H14BrNO3S. The van der Waals surface area contributed by atoms with Gasteiger partial charge in [-0.2, -0.15) is 4.31 Å². The van der Waals surface area contributed by atoms with Gasteiger partial charge in [-0.05, 0) is 31.5 Å². The zero-order chi connectivity index (χ0) is 12.7. The molecule has 1 atom stereocenters. The molecule has 17 heavy (non-hydrogen) atoms. The molecule has 0 bridgehead atoms. The Bertz CT molecular complexity index is 527. The van der Waals surface area contributed by atoms with Gasteiger partial charge in [0.25, 0.3) is 0 Å². The van der Waals surface area contributed by atoms with Crippen LogP contribution < -0.4 is 0 Å². The summed E-state index contributed by atoms with van der Waals surface area (Å²) in [5.41, 5.74) is -0.918. The maximum Gasteiger partial charge on any atom is 0.243 e. The quantitative estimate of drug-likeness (QED) is 0.900. The molecule has 0 aromatic heterocycles. The van der Waals surface area contributed by atoms with Crippen LogP contribution >= 0.6 is 15.9 Å². The van der Waals surface area contributed by atoms with Gasteiger partial charge in [-0.25, -0.2) is 8.42 Å². The van der Waals surface area contributed by atoms with Crippen LogP contribution in [0.15, 0.2) is 33.6 Å². The predicted molar refractivity (Wildman–Crippen MR) is 68.1 cm³/mol. The highest BCUT2D eigenvalue weighted by Crippen LogP contribution is 2.27. The third kappa shape index (κ3) is 2.70. The highest BCUT2D eigenvalue weighted by atomic mass is 79.9. The SMILES string of the molecule is CC1(O)CCN(S(=O)(=O)c2cccc(Br)c2)C1. The van der Waals surface area contributed by atoms with Crippen molar-refractivity contribution in [3.05, 3.63) is 28.7 Å². The maximum absolute atomic E-state index is 12.3. The summed E-state index contributed by atoms with van der Waals surface area (Å²) in [4.78, 5) is 0.254. The molecule has 6 heteroatoms. The van der Waals surface area contributed by atoms with Crippen LogP contribution in [0, 0.1) is 0 Å². The number of nitrogens with zero attached hydrogens (tertiary/aromatic N) is 1. The first-order valence-electron chi connectivity index (χ1n) is 5.29. The predicted octanol–water partition coefficient (Wildman–Crippen LogP) is 1.59. The van der Waals surface area contributed by atoms with Crippen molar-refractivity contribution in [2.45, 2.75) is 23.8 Å². The van der Waals surface area contributed by atoms with Crippen LogP contribution in [0.1, 0.15) is 13.3 Å². The minimum absolute atomic E-state index is 0.155. The summed E-state index contributed by atoms with van der Waals surface area (Å²) in [6.07, 6.45) is 0.472. The van der Waals surface area contributed by atoms with Crippen molar-refractivity contribution in [3.63, 3.8) is 0 Å². The Balaban J connectivity index is 2.32. The van der Waals surface area contributed by atoms with Crippen LogP contribution in [0.5, 0.6) is 0 Å². The average molecular weight is 320 g/mol. The van der Waals surface area contributed by atoms with E-state index < -0.39 is 15.6 Å².